The molecule has 0 radical (unpaired) electrons. The first-order valence-corrected chi connectivity index (χ1v) is 8.47. The standard InChI is InChI=1S/C18H23NO6/c1-4-24-18(21)14-11(2)25-13-9-12(10-19-5-7-23-8-6-19)16(20)17(22-3)15(13)14/h9,20H,4-8,10H2,1-3H3/p+1. The molecule has 0 atom stereocenters. The second-order valence-corrected chi connectivity index (χ2v) is 6.08. The molecule has 25 heavy (non-hydrogen) atoms. The molecule has 0 unspecified atom stereocenters. The highest BCUT2D eigenvalue weighted by molar-refractivity contribution is 6.08. The van der Waals surface area contributed by atoms with Gasteiger partial charge in [0.1, 0.15) is 36.5 Å². The van der Waals surface area contributed by atoms with Crippen molar-refractivity contribution >= 4 is 16.9 Å². The van der Waals surface area contributed by atoms with Crippen molar-refractivity contribution in [1.29, 1.82) is 0 Å². The molecule has 0 spiro atoms. The molecule has 0 amide bonds. The molecule has 0 saturated carbocycles. The van der Waals surface area contributed by atoms with E-state index in [2.05, 4.69) is 0 Å². The van der Waals surface area contributed by atoms with E-state index in [0.29, 0.717) is 42.1 Å². The summed E-state index contributed by atoms with van der Waals surface area (Å²) < 4.78 is 21.7. The van der Waals surface area contributed by atoms with Crippen molar-refractivity contribution in [1.82, 2.24) is 0 Å². The number of esters is 1. The number of nitrogens with one attached hydrogen (secondary N) is 1. The SMILES string of the molecule is CCOC(=O)c1c(C)oc2cc(C[NH+]3CCOCC3)c(O)c(OC)c12. The fourth-order valence-electron chi connectivity index (χ4n) is 3.27. The first-order valence-electron chi connectivity index (χ1n) is 8.47. The maximum Gasteiger partial charge on any atom is 0.342 e. The molecule has 7 nitrogen and oxygen atoms in total. The second-order valence-electron chi connectivity index (χ2n) is 6.08. The number of fused-ring (bicyclic) bond motifs is 1. The lowest BCUT2D eigenvalue weighted by molar-refractivity contribution is -0.921. The maximum absolute atomic E-state index is 12.3. The van der Waals surface area contributed by atoms with E-state index in [0.717, 1.165) is 18.7 Å². The Kier molecular flexibility index (Phi) is 5.15. The number of hydrogen-bond acceptors (Lipinski definition) is 6. The molecular formula is C18H24NO6+. The lowest BCUT2D eigenvalue weighted by Gasteiger charge is -2.24. The third kappa shape index (κ3) is 3.29. The first kappa shape index (κ1) is 17.6. The van der Waals surface area contributed by atoms with Gasteiger partial charge >= 0.3 is 5.97 Å². The molecular weight excluding hydrogens is 326 g/mol. The van der Waals surface area contributed by atoms with Crippen LogP contribution in [0, 0.1) is 6.92 Å². The number of quaternary nitrogens is 1. The maximum atomic E-state index is 12.3. The molecule has 0 aliphatic carbocycles. The quantitative estimate of drug-likeness (QED) is 0.785. The van der Waals surface area contributed by atoms with E-state index in [1.165, 1.54) is 12.0 Å². The minimum Gasteiger partial charge on any atom is -0.504 e. The zero-order valence-electron chi connectivity index (χ0n) is 14.8. The topological polar surface area (TPSA) is 82.6 Å². The van der Waals surface area contributed by atoms with Gasteiger partial charge < -0.3 is 28.6 Å². The largest absolute Gasteiger partial charge is 0.504 e. The molecule has 3 rings (SSSR count). The zero-order chi connectivity index (χ0) is 18.0. The molecule has 136 valence electrons. The summed E-state index contributed by atoms with van der Waals surface area (Å²) in [6.45, 7) is 7.53. The highest BCUT2D eigenvalue weighted by Gasteiger charge is 2.27. The monoisotopic (exact) mass is 350 g/mol. The van der Waals surface area contributed by atoms with Crippen LogP contribution < -0.4 is 9.64 Å². The average Bonchev–Trinajstić information content (AvgIpc) is 2.92. The first-order chi connectivity index (χ1) is 12.1. The third-order valence-corrected chi connectivity index (χ3v) is 4.49. The van der Waals surface area contributed by atoms with Crippen molar-refractivity contribution in [3.05, 3.63) is 23.0 Å². The average molecular weight is 350 g/mol. The van der Waals surface area contributed by atoms with E-state index in [9.17, 15) is 9.90 Å². The van der Waals surface area contributed by atoms with Crippen LogP contribution in [0.5, 0.6) is 11.5 Å². The van der Waals surface area contributed by atoms with Gasteiger partial charge in [-0.1, -0.05) is 0 Å². The van der Waals surface area contributed by atoms with Crippen LogP contribution in [0.15, 0.2) is 10.5 Å². The number of carbonyl (C=O) groups excluding carboxylic acids is 1. The summed E-state index contributed by atoms with van der Waals surface area (Å²) in [4.78, 5) is 13.6. The predicted molar refractivity (Wildman–Crippen MR) is 90.3 cm³/mol. The van der Waals surface area contributed by atoms with Gasteiger partial charge in [0, 0.05) is 0 Å². The number of rotatable bonds is 5. The van der Waals surface area contributed by atoms with Gasteiger partial charge in [0.05, 0.1) is 37.9 Å². The van der Waals surface area contributed by atoms with Gasteiger partial charge in [-0.25, -0.2) is 4.79 Å². The fraction of sp³-hybridized carbons (Fsp3) is 0.500. The van der Waals surface area contributed by atoms with E-state index in [-0.39, 0.29) is 18.1 Å². The van der Waals surface area contributed by atoms with Crippen molar-refractivity contribution in [3.63, 3.8) is 0 Å². The van der Waals surface area contributed by atoms with Crippen LogP contribution in [0.25, 0.3) is 11.0 Å². The molecule has 7 heteroatoms. The van der Waals surface area contributed by atoms with Crippen LogP contribution in [-0.2, 0) is 16.0 Å². The number of benzene rings is 1. The van der Waals surface area contributed by atoms with Crippen LogP contribution >= 0.6 is 0 Å². The lowest BCUT2D eigenvalue weighted by Crippen LogP contribution is -3.12. The third-order valence-electron chi connectivity index (χ3n) is 4.49. The molecule has 1 aliphatic heterocycles. The van der Waals surface area contributed by atoms with Gasteiger partial charge in [-0.15, -0.1) is 0 Å². The summed E-state index contributed by atoms with van der Waals surface area (Å²) in [5.41, 5.74) is 1.54. The van der Waals surface area contributed by atoms with E-state index in [4.69, 9.17) is 18.6 Å². The molecule has 2 heterocycles. The minimum atomic E-state index is -0.483. The summed E-state index contributed by atoms with van der Waals surface area (Å²) in [6, 6.07) is 1.78. The van der Waals surface area contributed by atoms with E-state index < -0.39 is 5.97 Å². The molecule has 1 aliphatic rings. The van der Waals surface area contributed by atoms with E-state index in [1.54, 1.807) is 19.9 Å². The molecule has 2 N–H and O–H groups in total. The Hall–Kier alpha value is -2.25. The summed E-state index contributed by atoms with van der Waals surface area (Å²) in [6.07, 6.45) is 0. The highest BCUT2D eigenvalue weighted by atomic mass is 16.5. The molecule has 0 bridgehead atoms. The molecule has 1 aromatic heterocycles. The van der Waals surface area contributed by atoms with Crippen LogP contribution in [0.4, 0.5) is 0 Å². The van der Waals surface area contributed by atoms with Crippen molar-refractivity contribution in [2.24, 2.45) is 0 Å². The Morgan fingerprint density at radius 1 is 1.36 bits per heavy atom. The lowest BCUT2D eigenvalue weighted by atomic mass is 10.1. The smallest absolute Gasteiger partial charge is 0.342 e. The van der Waals surface area contributed by atoms with Crippen LogP contribution in [0.3, 0.4) is 0 Å². The molecule has 1 saturated heterocycles. The van der Waals surface area contributed by atoms with Crippen LogP contribution in [-0.4, -0.2) is 51.1 Å². The number of carbonyl (C=O) groups is 1. The zero-order valence-corrected chi connectivity index (χ0v) is 14.8. The Morgan fingerprint density at radius 2 is 2.08 bits per heavy atom. The number of phenolic OH excluding ortho intramolecular Hbond substituents is 1. The van der Waals surface area contributed by atoms with Crippen molar-refractivity contribution < 1.29 is 33.4 Å². The number of furan rings is 1. The van der Waals surface area contributed by atoms with Crippen molar-refractivity contribution in [2.45, 2.75) is 20.4 Å². The number of aryl methyl sites for hydroxylation is 1. The Morgan fingerprint density at radius 3 is 2.72 bits per heavy atom. The Balaban J connectivity index is 2.07. The van der Waals surface area contributed by atoms with Gasteiger partial charge in [0.25, 0.3) is 0 Å². The van der Waals surface area contributed by atoms with Crippen LogP contribution in [0.2, 0.25) is 0 Å². The van der Waals surface area contributed by atoms with E-state index in [1.807, 2.05) is 0 Å². The van der Waals surface area contributed by atoms with Gasteiger partial charge in [0.15, 0.2) is 11.5 Å². The number of ether oxygens (including phenoxy) is 3. The normalized spacial score (nSPS) is 15.5. The van der Waals surface area contributed by atoms with Crippen LogP contribution in [0.1, 0.15) is 28.6 Å². The van der Waals surface area contributed by atoms with Gasteiger partial charge in [-0.3, -0.25) is 0 Å². The van der Waals surface area contributed by atoms with Gasteiger partial charge in [-0.2, -0.15) is 0 Å². The molecule has 2 aromatic rings. The number of aromatic hydroxyl groups is 1. The molecule has 1 aromatic carbocycles. The summed E-state index contributed by atoms with van der Waals surface area (Å²) in [5.74, 6) is 0.255. The Bertz CT molecular complexity index is 776. The van der Waals surface area contributed by atoms with Gasteiger partial charge in [-0.05, 0) is 19.9 Å². The number of methoxy groups -OCH3 is 1. The fourth-order valence-corrected chi connectivity index (χ4v) is 3.27. The molecule has 1 fully saturated rings. The number of phenols is 1. The highest BCUT2D eigenvalue weighted by Crippen LogP contribution is 2.42. The van der Waals surface area contributed by atoms with Crippen molar-refractivity contribution in [3.8, 4) is 11.5 Å². The predicted octanol–water partition coefficient (Wildman–Crippen LogP) is 1.05. The van der Waals surface area contributed by atoms with Crippen molar-refractivity contribution in [2.75, 3.05) is 40.0 Å². The number of morpholine rings is 1. The summed E-state index contributed by atoms with van der Waals surface area (Å²) >= 11 is 0. The van der Waals surface area contributed by atoms with Gasteiger partial charge in [0.2, 0.25) is 0 Å². The Labute approximate surface area is 146 Å². The second kappa shape index (κ2) is 7.33. The summed E-state index contributed by atoms with van der Waals surface area (Å²) in [5, 5.41) is 11.2. The minimum absolute atomic E-state index is 0.0420. The summed E-state index contributed by atoms with van der Waals surface area (Å²) in [7, 11) is 1.47. The van der Waals surface area contributed by atoms with E-state index >= 15 is 0 Å². The number of hydrogen-bond donors (Lipinski definition) is 2.